The minimum Gasteiger partial charge on any atom is -0.330 e. The minimum atomic E-state index is -3.70. The van der Waals surface area contributed by atoms with Crippen molar-refractivity contribution in [1.29, 1.82) is 0 Å². The number of nitrogens with zero attached hydrogens (tertiary/aromatic N) is 1. The van der Waals surface area contributed by atoms with Gasteiger partial charge < -0.3 is 5.73 Å². The average molecular weight is 301 g/mol. The topological polar surface area (TPSA) is 115 Å². The van der Waals surface area contributed by atoms with E-state index in [2.05, 4.69) is 4.72 Å². The normalized spacial score (nSPS) is 12.3. The largest absolute Gasteiger partial charge is 0.330 e. The van der Waals surface area contributed by atoms with Gasteiger partial charge in [0.15, 0.2) is 0 Å². The molecule has 1 rings (SSSR count). The van der Waals surface area contributed by atoms with E-state index in [9.17, 15) is 18.5 Å². The summed E-state index contributed by atoms with van der Waals surface area (Å²) in [5, 5.41) is 10.5. The highest BCUT2D eigenvalue weighted by atomic mass is 32.2. The number of sulfonamides is 1. The summed E-state index contributed by atoms with van der Waals surface area (Å²) in [6.07, 6.45) is 1.31. The Morgan fingerprint density at radius 3 is 2.30 bits per heavy atom. The average Bonchev–Trinajstić information content (AvgIpc) is 2.35. The highest BCUT2D eigenvalue weighted by Gasteiger charge is 2.26. The van der Waals surface area contributed by atoms with Crippen LogP contribution in [0, 0.1) is 10.1 Å². The van der Waals surface area contributed by atoms with E-state index in [1.807, 2.05) is 0 Å². The SMILES string of the molecule is CC(C)(CCCN)NS(=O)(=O)c1ccc([N+](=O)[O-])cc1. The summed E-state index contributed by atoms with van der Waals surface area (Å²) in [6, 6.07) is 4.78. The van der Waals surface area contributed by atoms with Crippen LogP contribution in [0.2, 0.25) is 0 Å². The molecule has 20 heavy (non-hydrogen) atoms. The van der Waals surface area contributed by atoms with E-state index in [4.69, 9.17) is 5.73 Å². The van der Waals surface area contributed by atoms with E-state index in [0.717, 1.165) is 0 Å². The fourth-order valence-electron chi connectivity index (χ4n) is 1.76. The molecule has 8 heteroatoms. The maximum Gasteiger partial charge on any atom is 0.269 e. The smallest absolute Gasteiger partial charge is 0.269 e. The number of nitro groups is 1. The second kappa shape index (κ2) is 6.29. The molecular formula is C12H19N3O4S. The molecule has 0 amide bonds. The number of non-ortho nitro benzene ring substituents is 1. The van der Waals surface area contributed by atoms with Gasteiger partial charge in [0, 0.05) is 17.7 Å². The predicted molar refractivity (Wildman–Crippen MR) is 75.8 cm³/mol. The fraction of sp³-hybridized carbons (Fsp3) is 0.500. The van der Waals surface area contributed by atoms with Gasteiger partial charge in [0.2, 0.25) is 10.0 Å². The molecule has 0 aliphatic carbocycles. The third-order valence-electron chi connectivity index (χ3n) is 2.77. The lowest BCUT2D eigenvalue weighted by molar-refractivity contribution is -0.384. The Bertz CT molecular complexity index is 567. The Hall–Kier alpha value is -1.51. The predicted octanol–water partition coefficient (Wildman–Crippen LogP) is 1.39. The van der Waals surface area contributed by atoms with Crippen LogP contribution in [0.5, 0.6) is 0 Å². The second-order valence-corrected chi connectivity index (χ2v) is 6.82. The Labute approximate surface area is 118 Å². The molecule has 0 aliphatic rings. The molecule has 0 saturated heterocycles. The molecule has 0 radical (unpaired) electrons. The minimum absolute atomic E-state index is 0.00363. The summed E-state index contributed by atoms with van der Waals surface area (Å²) in [5.74, 6) is 0. The summed E-state index contributed by atoms with van der Waals surface area (Å²) >= 11 is 0. The zero-order chi connectivity index (χ0) is 15.4. The molecule has 1 aromatic rings. The van der Waals surface area contributed by atoms with Gasteiger partial charge >= 0.3 is 0 Å². The number of nitrogens with one attached hydrogen (secondary N) is 1. The molecule has 0 aliphatic heterocycles. The Kier molecular flexibility index (Phi) is 5.21. The number of nitro benzene ring substituents is 1. The number of hydrogen-bond acceptors (Lipinski definition) is 5. The van der Waals surface area contributed by atoms with Gasteiger partial charge in [-0.15, -0.1) is 0 Å². The van der Waals surface area contributed by atoms with E-state index >= 15 is 0 Å². The molecular weight excluding hydrogens is 282 g/mol. The lowest BCUT2D eigenvalue weighted by atomic mass is 10.0. The van der Waals surface area contributed by atoms with Gasteiger partial charge in [-0.1, -0.05) is 0 Å². The monoisotopic (exact) mass is 301 g/mol. The van der Waals surface area contributed by atoms with Crippen LogP contribution in [0.3, 0.4) is 0 Å². The summed E-state index contributed by atoms with van der Waals surface area (Å²) < 4.78 is 26.9. The zero-order valence-electron chi connectivity index (χ0n) is 11.5. The van der Waals surface area contributed by atoms with E-state index in [1.54, 1.807) is 13.8 Å². The van der Waals surface area contributed by atoms with Crippen molar-refractivity contribution >= 4 is 15.7 Å². The highest BCUT2D eigenvalue weighted by molar-refractivity contribution is 7.89. The first kappa shape index (κ1) is 16.5. The van der Waals surface area contributed by atoms with Crippen molar-refractivity contribution in [1.82, 2.24) is 4.72 Å². The molecule has 7 nitrogen and oxygen atoms in total. The number of rotatable bonds is 7. The van der Waals surface area contributed by atoms with Gasteiger partial charge in [-0.2, -0.15) is 0 Å². The summed E-state index contributed by atoms with van der Waals surface area (Å²) in [5.41, 5.74) is 4.64. The number of nitrogens with two attached hydrogens (primary N) is 1. The zero-order valence-corrected chi connectivity index (χ0v) is 12.3. The van der Waals surface area contributed by atoms with Gasteiger partial charge in [0.25, 0.3) is 5.69 Å². The van der Waals surface area contributed by atoms with Crippen LogP contribution in [-0.2, 0) is 10.0 Å². The Morgan fingerprint density at radius 1 is 1.30 bits per heavy atom. The Morgan fingerprint density at radius 2 is 1.85 bits per heavy atom. The first-order valence-electron chi connectivity index (χ1n) is 6.16. The highest BCUT2D eigenvalue weighted by Crippen LogP contribution is 2.19. The standard InChI is InChI=1S/C12H19N3O4S/c1-12(2,8-3-9-13)14-20(18,19)11-6-4-10(5-7-11)15(16)17/h4-7,14H,3,8-9,13H2,1-2H3. The van der Waals surface area contributed by atoms with E-state index < -0.39 is 20.5 Å². The van der Waals surface area contributed by atoms with Crippen LogP contribution in [0.1, 0.15) is 26.7 Å². The molecule has 0 bridgehead atoms. The molecule has 0 aromatic heterocycles. The van der Waals surface area contributed by atoms with Crippen molar-refractivity contribution in [2.45, 2.75) is 37.1 Å². The third kappa shape index (κ3) is 4.55. The van der Waals surface area contributed by atoms with Gasteiger partial charge in [0.1, 0.15) is 0 Å². The van der Waals surface area contributed by atoms with Gasteiger partial charge in [-0.25, -0.2) is 13.1 Å². The van der Waals surface area contributed by atoms with Crippen molar-refractivity contribution in [2.24, 2.45) is 5.73 Å². The van der Waals surface area contributed by atoms with Crippen molar-refractivity contribution in [3.8, 4) is 0 Å². The van der Waals surface area contributed by atoms with E-state index in [0.29, 0.717) is 19.4 Å². The summed E-state index contributed by atoms with van der Waals surface area (Å²) in [4.78, 5) is 9.97. The van der Waals surface area contributed by atoms with E-state index in [1.165, 1.54) is 24.3 Å². The van der Waals surface area contributed by atoms with Gasteiger partial charge in [-0.05, 0) is 45.4 Å². The van der Waals surface area contributed by atoms with Crippen LogP contribution in [0.25, 0.3) is 0 Å². The maximum absolute atomic E-state index is 12.2. The second-order valence-electron chi connectivity index (χ2n) is 5.13. The lowest BCUT2D eigenvalue weighted by Crippen LogP contribution is -2.43. The van der Waals surface area contributed by atoms with Gasteiger partial charge in [-0.3, -0.25) is 10.1 Å². The van der Waals surface area contributed by atoms with Gasteiger partial charge in [0.05, 0.1) is 9.82 Å². The first-order chi connectivity index (χ1) is 9.18. The fourth-order valence-corrected chi connectivity index (χ4v) is 3.21. The molecule has 3 N–H and O–H groups in total. The first-order valence-corrected chi connectivity index (χ1v) is 7.65. The van der Waals surface area contributed by atoms with Crippen molar-refractivity contribution in [3.05, 3.63) is 34.4 Å². The van der Waals surface area contributed by atoms with Crippen LogP contribution in [0.4, 0.5) is 5.69 Å². The van der Waals surface area contributed by atoms with Crippen LogP contribution < -0.4 is 10.5 Å². The molecule has 0 unspecified atom stereocenters. The molecule has 0 fully saturated rings. The molecule has 0 heterocycles. The Balaban J connectivity index is 2.91. The number of benzene rings is 1. The van der Waals surface area contributed by atoms with Crippen LogP contribution >= 0.6 is 0 Å². The number of hydrogen-bond donors (Lipinski definition) is 2. The quantitative estimate of drug-likeness (QED) is 0.583. The molecule has 0 saturated carbocycles. The van der Waals surface area contributed by atoms with Crippen molar-refractivity contribution < 1.29 is 13.3 Å². The molecule has 112 valence electrons. The molecule has 1 aromatic carbocycles. The maximum atomic E-state index is 12.2. The summed E-state index contributed by atoms with van der Waals surface area (Å²) in [7, 11) is -3.70. The third-order valence-corrected chi connectivity index (χ3v) is 4.49. The summed E-state index contributed by atoms with van der Waals surface area (Å²) in [6.45, 7) is 4.03. The molecule has 0 atom stereocenters. The van der Waals surface area contributed by atoms with E-state index in [-0.39, 0.29) is 10.6 Å². The van der Waals surface area contributed by atoms with Crippen LogP contribution in [-0.4, -0.2) is 25.4 Å². The van der Waals surface area contributed by atoms with Crippen LogP contribution in [0.15, 0.2) is 29.2 Å². The lowest BCUT2D eigenvalue weighted by Gasteiger charge is -2.25. The van der Waals surface area contributed by atoms with Crippen molar-refractivity contribution in [2.75, 3.05) is 6.54 Å². The van der Waals surface area contributed by atoms with Crippen molar-refractivity contribution in [3.63, 3.8) is 0 Å². The molecule has 0 spiro atoms.